The minimum atomic E-state index is -0.754. The van der Waals surface area contributed by atoms with Crippen LogP contribution in [-0.2, 0) is 4.79 Å². The number of aliphatic carboxylic acids is 1. The summed E-state index contributed by atoms with van der Waals surface area (Å²) in [5.41, 5.74) is 0. The lowest BCUT2D eigenvalue weighted by Crippen LogP contribution is -2.44. The van der Waals surface area contributed by atoms with E-state index in [9.17, 15) is 9.59 Å². The molecule has 2 amide bonds. The Hall–Kier alpha value is -1.26. The van der Waals surface area contributed by atoms with Gasteiger partial charge in [-0.3, -0.25) is 4.79 Å². The maximum absolute atomic E-state index is 12.0. The highest BCUT2D eigenvalue weighted by Gasteiger charge is 2.15. The second kappa shape index (κ2) is 11.6. The lowest BCUT2D eigenvalue weighted by Gasteiger charge is -2.27. The Morgan fingerprint density at radius 1 is 1.10 bits per heavy atom. The molecule has 118 valence electrons. The predicted octanol–water partition coefficient (Wildman–Crippen LogP) is 3.24. The van der Waals surface area contributed by atoms with E-state index in [4.69, 9.17) is 5.11 Å². The molecule has 0 aliphatic heterocycles. The highest BCUT2D eigenvalue weighted by Crippen LogP contribution is 2.04. The number of carboxylic acid groups (broad SMARTS) is 1. The van der Waals surface area contributed by atoms with Crippen molar-refractivity contribution in [2.45, 2.75) is 71.8 Å². The molecule has 0 heterocycles. The van der Waals surface area contributed by atoms with Gasteiger partial charge in [-0.1, -0.05) is 26.2 Å². The van der Waals surface area contributed by atoms with Crippen molar-refractivity contribution in [2.75, 3.05) is 13.1 Å². The molecule has 0 saturated carbocycles. The van der Waals surface area contributed by atoms with Gasteiger partial charge in [0.2, 0.25) is 0 Å². The summed E-state index contributed by atoms with van der Waals surface area (Å²) in [7, 11) is 0. The first-order chi connectivity index (χ1) is 9.49. The number of nitrogens with zero attached hydrogens (tertiary/aromatic N) is 1. The largest absolute Gasteiger partial charge is 0.481 e. The molecule has 5 nitrogen and oxygen atoms in total. The Kier molecular flexibility index (Phi) is 10.8. The number of carbonyl (C=O) groups excluding carboxylic acids is 1. The maximum Gasteiger partial charge on any atom is 0.317 e. The number of carboxylic acids is 1. The van der Waals surface area contributed by atoms with Crippen molar-refractivity contribution in [2.24, 2.45) is 0 Å². The maximum atomic E-state index is 12.0. The molecular formula is C15H30N2O3. The van der Waals surface area contributed by atoms with E-state index in [-0.39, 0.29) is 18.5 Å². The van der Waals surface area contributed by atoms with Gasteiger partial charge in [0, 0.05) is 25.6 Å². The number of carbonyl (C=O) groups is 2. The zero-order valence-electron chi connectivity index (χ0n) is 13.2. The molecule has 20 heavy (non-hydrogen) atoms. The number of hydrogen-bond donors (Lipinski definition) is 2. The second-order valence-electron chi connectivity index (χ2n) is 5.43. The van der Waals surface area contributed by atoms with Gasteiger partial charge < -0.3 is 15.3 Å². The van der Waals surface area contributed by atoms with Gasteiger partial charge >= 0.3 is 12.0 Å². The molecule has 0 atom stereocenters. The molecule has 0 aliphatic carbocycles. The summed E-state index contributed by atoms with van der Waals surface area (Å²) in [6.07, 6.45) is 5.90. The number of urea groups is 1. The third kappa shape index (κ3) is 9.64. The molecule has 0 unspecified atom stereocenters. The fraction of sp³-hybridized carbons (Fsp3) is 0.867. The molecule has 2 N–H and O–H groups in total. The van der Waals surface area contributed by atoms with E-state index < -0.39 is 5.97 Å². The van der Waals surface area contributed by atoms with Crippen LogP contribution in [0.3, 0.4) is 0 Å². The zero-order valence-corrected chi connectivity index (χ0v) is 13.2. The summed E-state index contributed by atoms with van der Waals surface area (Å²) in [6, 6.07) is 0.202. The Bertz CT molecular complexity index is 280. The van der Waals surface area contributed by atoms with E-state index in [1.165, 1.54) is 0 Å². The van der Waals surface area contributed by atoms with Gasteiger partial charge in [0.25, 0.3) is 0 Å². The van der Waals surface area contributed by atoms with E-state index in [1.807, 2.05) is 18.7 Å². The van der Waals surface area contributed by atoms with Crippen LogP contribution in [0.2, 0.25) is 0 Å². The van der Waals surface area contributed by atoms with Crippen LogP contribution in [0.1, 0.15) is 65.7 Å². The van der Waals surface area contributed by atoms with Crippen molar-refractivity contribution >= 4 is 12.0 Å². The molecule has 0 rings (SSSR count). The average molecular weight is 286 g/mol. The normalized spacial score (nSPS) is 10.6. The number of nitrogens with one attached hydrogen (secondary N) is 1. The molecule has 0 aliphatic rings. The summed E-state index contributed by atoms with van der Waals surface area (Å²) in [5, 5.41) is 11.4. The Morgan fingerprint density at radius 3 is 2.35 bits per heavy atom. The highest BCUT2D eigenvalue weighted by atomic mass is 16.4. The van der Waals surface area contributed by atoms with Crippen LogP contribution >= 0.6 is 0 Å². The molecule has 0 saturated heterocycles. The quantitative estimate of drug-likeness (QED) is 0.573. The second-order valence-corrected chi connectivity index (χ2v) is 5.43. The molecule has 0 aromatic heterocycles. The number of rotatable bonds is 11. The molecule has 0 radical (unpaired) electrons. The highest BCUT2D eigenvalue weighted by molar-refractivity contribution is 5.74. The molecular weight excluding hydrogens is 256 g/mol. The van der Waals surface area contributed by atoms with Gasteiger partial charge in [-0.05, 0) is 33.1 Å². The SMILES string of the molecule is CCCCCN(C(=O)NCCCCCC(=O)O)C(C)C. The Balaban J connectivity index is 3.81. The minimum Gasteiger partial charge on any atom is -0.481 e. The summed E-state index contributed by atoms with van der Waals surface area (Å²) < 4.78 is 0. The molecule has 0 bridgehead atoms. The number of unbranched alkanes of at least 4 members (excludes halogenated alkanes) is 4. The van der Waals surface area contributed by atoms with E-state index in [0.29, 0.717) is 13.0 Å². The summed E-state index contributed by atoms with van der Waals surface area (Å²) in [4.78, 5) is 24.3. The lowest BCUT2D eigenvalue weighted by molar-refractivity contribution is -0.137. The van der Waals surface area contributed by atoms with Crippen LogP contribution < -0.4 is 5.32 Å². The first-order valence-electron chi connectivity index (χ1n) is 7.75. The number of amides is 2. The predicted molar refractivity (Wildman–Crippen MR) is 80.9 cm³/mol. The van der Waals surface area contributed by atoms with Crippen molar-refractivity contribution in [1.82, 2.24) is 10.2 Å². The summed E-state index contributed by atoms with van der Waals surface area (Å²) in [5.74, 6) is -0.754. The van der Waals surface area contributed by atoms with Gasteiger partial charge in [0.05, 0.1) is 0 Å². The first-order valence-corrected chi connectivity index (χ1v) is 7.75. The standard InChI is InChI=1S/C15H30N2O3/c1-4-5-9-12-17(13(2)3)15(20)16-11-8-6-7-10-14(18)19/h13H,4-12H2,1-3H3,(H,16,20)(H,18,19). The third-order valence-corrected chi connectivity index (χ3v) is 3.23. The van der Waals surface area contributed by atoms with Crippen molar-refractivity contribution < 1.29 is 14.7 Å². The fourth-order valence-corrected chi connectivity index (χ4v) is 2.00. The average Bonchev–Trinajstić information content (AvgIpc) is 2.37. The van der Waals surface area contributed by atoms with Crippen molar-refractivity contribution in [1.29, 1.82) is 0 Å². The van der Waals surface area contributed by atoms with Crippen LogP contribution in [0.15, 0.2) is 0 Å². The summed E-state index contributed by atoms with van der Waals surface area (Å²) in [6.45, 7) is 7.62. The van der Waals surface area contributed by atoms with E-state index in [0.717, 1.165) is 38.6 Å². The fourth-order valence-electron chi connectivity index (χ4n) is 2.00. The topological polar surface area (TPSA) is 69.6 Å². The van der Waals surface area contributed by atoms with Crippen LogP contribution in [0, 0.1) is 0 Å². The van der Waals surface area contributed by atoms with Crippen LogP contribution in [-0.4, -0.2) is 41.1 Å². The third-order valence-electron chi connectivity index (χ3n) is 3.23. The molecule has 0 fully saturated rings. The minimum absolute atomic E-state index is 0.00524. The monoisotopic (exact) mass is 286 g/mol. The van der Waals surface area contributed by atoms with Crippen LogP contribution in [0.25, 0.3) is 0 Å². The van der Waals surface area contributed by atoms with Crippen LogP contribution in [0.4, 0.5) is 4.79 Å². The lowest BCUT2D eigenvalue weighted by atomic mass is 10.2. The van der Waals surface area contributed by atoms with Gasteiger partial charge in [-0.2, -0.15) is 0 Å². The van der Waals surface area contributed by atoms with Gasteiger partial charge in [0.15, 0.2) is 0 Å². The molecule has 0 spiro atoms. The smallest absolute Gasteiger partial charge is 0.317 e. The Labute approximate surface area is 122 Å². The van der Waals surface area contributed by atoms with Crippen molar-refractivity contribution in [3.8, 4) is 0 Å². The van der Waals surface area contributed by atoms with Gasteiger partial charge in [-0.25, -0.2) is 4.79 Å². The molecule has 0 aromatic rings. The van der Waals surface area contributed by atoms with Crippen LogP contribution in [0.5, 0.6) is 0 Å². The zero-order chi connectivity index (χ0) is 15.4. The molecule has 0 aromatic carbocycles. The van der Waals surface area contributed by atoms with Gasteiger partial charge in [0.1, 0.15) is 0 Å². The van der Waals surface area contributed by atoms with Gasteiger partial charge in [-0.15, -0.1) is 0 Å². The van der Waals surface area contributed by atoms with Crippen molar-refractivity contribution in [3.63, 3.8) is 0 Å². The van der Waals surface area contributed by atoms with Crippen molar-refractivity contribution in [3.05, 3.63) is 0 Å². The molecule has 5 heteroatoms. The van der Waals surface area contributed by atoms with E-state index in [1.54, 1.807) is 0 Å². The number of hydrogen-bond acceptors (Lipinski definition) is 2. The van der Waals surface area contributed by atoms with E-state index in [2.05, 4.69) is 12.2 Å². The van der Waals surface area contributed by atoms with E-state index >= 15 is 0 Å². The Morgan fingerprint density at radius 2 is 1.80 bits per heavy atom. The first kappa shape index (κ1) is 18.7. The summed E-state index contributed by atoms with van der Waals surface area (Å²) >= 11 is 0.